The van der Waals surface area contributed by atoms with Gasteiger partial charge in [-0.1, -0.05) is 19.3 Å². The van der Waals surface area contributed by atoms with E-state index in [1.165, 1.54) is 50.0 Å². The molecule has 1 saturated carbocycles. The molecule has 1 nitrogen and oxygen atoms in total. The summed E-state index contributed by atoms with van der Waals surface area (Å²) in [5, 5.41) is 3.55. The van der Waals surface area contributed by atoms with Crippen molar-refractivity contribution in [3.8, 4) is 0 Å². The lowest BCUT2D eigenvalue weighted by molar-refractivity contribution is 0.148. The summed E-state index contributed by atoms with van der Waals surface area (Å²) in [5.41, 5.74) is 0.677. The van der Waals surface area contributed by atoms with Gasteiger partial charge < -0.3 is 5.32 Å². The lowest BCUT2D eigenvalue weighted by atomic mass is 9.69. The largest absolute Gasteiger partial charge is 0.316 e. The van der Waals surface area contributed by atoms with Gasteiger partial charge in [0.25, 0.3) is 0 Å². The average molecular weight is 199 g/mol. The highest BCUT2D eigenvalue weighted by atomic mass is 32.2. The maximum absolute atomic E-state index is 3.55. The van der Waals surface area contributed by atoms with E-state index >= 15 is 0 Å². The smallest absolute Gasteiger partial charge is 0.0136 e. The van der Waals surface area contributed by atoms with E-state index in [0.717, 1.165) is 6.04 Å². The van der Waals surface area contributed by atoms with E-state index in [0.29, 0.717) is 5.41 Å². The number of nitrogens with one attached hydrogen (secondary N) is 1. The van der Waals surface area contributed by atoms with Crippen LogP contribution in [0.25, 0.3) is 0 Å². The van der Waals surface area contributed by atoms with Crippen LogP contribution in [0.5, 0.6) is 0 Å². The van der Waals surface area contributed by atoms with Gasteiger partial charge in [0.15, 0.2) is 0 Å². The molecule has 2 rings (SSSR count). The van der Waals surface area contributed by atoms with Crippen LogP contribution in [-0.2, 0) is 0 Å². The Kier molecular flexibility index (Phi) is 3.20. The number of thioether (sulfide) groups is 1. The van der Waals surface area contributed by atoms with Gasteiger partial charge in [0, 0.05) is 11.8 Å². The maximum Gasteiger partial charge on any atom is 0.0136 e. The van der Waals surface area contributed by atoms with E-state index in [-0.39, 0.29) is 0 Å². The average Bonchev–Trinajstić information content (AvgIpc) is 2.20. The minimum absolute atomic E-state index is 0.677. The molecule has 2 fully saturated rings. The Bertz CT molecular complexity index is 155. The molecule has 13 heavy (non-hydrogen) atoms. The molecule has 0 aromatic rings. The lowest BCUT2D eigenvalue weighted by Crippen LogP contribution is -2.49. The van der Waals surface area contributed by atoms with Gasteiger partial charge >= 0.3 is 0 Å². The second kappa shape index (κ2) is 4.22. The molecular weight excluding hydrogens is 178 g/mol. The zero-order chi connectivity index (χ0) is 9.15. The maximum atomic E-state index is 3.55. The van der Waals surface area contributed by atoms with Gasteiger partial charge in [-0.05, 0) is 37.5 Å². The first-order valence-electron chi connectivity index (χ1n) is 5.62. The molecule has 1 heterocycles. The SMILES string of the molecule is CNC1CCSCC12CCCCC2. The van der Waals surface area contributed by atoms with Crippen molar-refractivity contribution >= 4 is 11.8 Å². The minimum atomic E-state index is 0.677. The molecule has 2 heteroatoms. The molecule has 0 amide bonds. The summed E-state index contributed by atoms with van der Waals surface area (Å²) in [6.45, 7) is 0. The Hall–Kier alpha value is 0.310. The molecule has 0 aromatic carbocycles. The van der Waals surface area contributed by atoms with Gasteiger partial charge in [-0.25, -0.2) is 0 Å². The van der Waals surface area contributed by atoms with Crippen LogP contribution in [-0.4, -0.2) is 24.6 Å². The molecular formula is C11H21NS. The van der Waals surface area contributed by atoms with Crippen molar-refractivity contribution in [1.82, 2.24) is 5.32 Å². The van der Waals surface area contributed by atoms with Gasteiger partial charge in [-0.2, -0.15) is 11.8 Å². The van der Waals surface area contributed by atoms with Crippen LogP contribution < -0.4 is 5.32 Å². The third-order valence-electron chi connectivity index (χ3n) is 3.88. The molecule has 1 saturated heterocycles. The van der Waals surface area contributed by atoms with Gasteiger partial charge in [0.2, 0.25) is 0 Å². The fourth-order valence-electron chi connectivity index (χ4n) is 3.08. The fourth-order valence-corrected chi connectivity index (χ4v) is 4.53. The van der Waals surface area contributed by atoms with Crippen LogP contribution in [0.3, 0.4) is 0 Å². The summed E-state index contributed by atoms with van der Waals surface area (Å²) in [6.07, 6.45) is 8.76. The van der Waals surface area contributed by atoms with Crippen molar-refractivity contribution in [1.29, 1.82) is 0 Å². The monoisotopic (exact) mass is 199 g/mol. The summed E-state index contributed by atoms with van der Waals surface area (Å²) in [4.78, 5) is 0. The fraction of sp³-hybridized carbons (Fsp3) is 1.00. The molecule has 2 aliphatic rings. The van der Waals surface area contributed by atoms with Crippen molar-refractivity contribution in [2.24, 2.45) is 5.41 Å². The van der Waals surface area contributed by atoms with E-state index in [1.54, 1.807) is 0 Å². The van der Waals surface area contributed by atoms with Crippen LogP contribution in [0, 0.1) is 5.41 Å². The normalized spacial score (nSPS) is 33.5. The predicted octanol–water partition coefficient (Wildman–Crippen LogP) is 2.66. The van der Waals surface area contributed by atoms with Crippen molar-refractivity contribution < 1.29 is 0 Å². The third-order valence-corrected chi connectivity index (χ3v) is 5.18. The Morgan fingerprint density at radius 1 is 1.23 bits per heavy atom. The molecule has 0 aromatic heterocycles. The van der Waals surface area contributed by atoms with Crippen molar-refractivity contribution in [3.05, 3.63) is 0 Å². The van der Waals surface area contributed by atoms with Crippen LogP contribution in [0.4, 0.5) is 0 Å². The zero-order valence-electron chi connectivity index (χ0n) is 8.64. The van der Waals surface area contributed by atoms with Gasteiger partial charge in [0.05, 0.1) is 0 Å². The Balaban J connectivity index is 2.06. The molecule has 1 spiro atoms. The second-order valence-corrected chi connectivity index (χ2v) is 5.71. The van der Waals surface area contributed by atoms with E-state index in [4.69, 9.17) is 0 Å². The summed E-state index contributed by atoms with van der Waals surface area (Å²) in [7, 11) is 2.15. The summed E-state index contributed by atoms with van der Waals surface area (Å²) < 4.78 is 0. The van der Waals surface area contributed by atoms with Crippen LogP contribution >= 0.6 is 11.8 Å². The van der Waals surface area contributed by atoms with Crippen molar-refractivity contribution in [2.75, 3.05) is 18.6 Å². The molecule has 0 radical (unpaired) electrons. The van der Waals surface area contributed by atoms with Crippen LogP contribution in [0.2, 0.25) is 0 Å². The lowest BCUT2D eigenvalue weighted by Gasteiger charge is -2.46. The third kappa shape index (κ3) is 1.89. The van der Waals surface area contributed by atoms with E-state index in [9.17, 15) is 0 Å². The first-order chi connectivity index (χ1) is 6.37. The highest BCUT2D eigenvalue weighted by Gasteiger charge is 2.40. The molecule has 1 atom stereocenters. The molecule has 1 N–H and O–H groups in total. The highest BCUT2D eigenvalue weighted by molar-refractivity contribution is 7.99. The number of rotatable bonds is 1. The second-order valence-electron chi connectivity index (χ2n) is 4.61. The summed E-state index contributed by atoms with van der Waals surface area (Å²) >= 11 is 2.18. The Morgan fingerprint density at radius 3 is 2.69 bits per heavy atom. The van der Waals surface area contributed by atoms with E-state index < -0.39 is 0 Å². The summed E-state index contributed by atoms with van der Waals surface area (Å²) in [5.74, 6) is 2.78. The summed E-state index contributed by atoms with van der Waals surface area (Å²) in [6, 6.07) is 0.814. The Morgan fingerprint density at radius 2 is 2.00 bits per heavy atom. The number of hydrogen-bond acceptors (Lipinski definition) is 2. The molecule has 1 aliphatic heterocycles. The molecule has 1 unspecified atom stereocenters. The Labute approximate surface area is 86.0 Å². The quantitative estimate of drug-likeness (QED) is 0.697. The number of hydrogen-bond donors (Lipinski definition) is 1. The van der Waals surface area contributed by atoms with Crippen LogP contribution in [0.1, 0.15) is 38.5 Å². The standard InChI is InChI=1S/C11H21NS/c1-12-10-5-8-13-9-11(10)6-3-2-4-7-11/h10,12H,2-9H2,1H3. The molecule has 76 valence electrons. The van der Waals surface area contributed by atoms with E-state index in [2.05, 4.69) is 24.1 Å². The van der Waals surface area contributed by atoms with Gasteiger partial charge in [0.1, 0.15) is 0 Å². The molecule has 1 aliphatic carbocycles. The zero-order valence-corrected chi connectivity index (χ0v) is 9.46. The highest BCUT2D eigenvalue weighted by Crippen LogP contribution is 2.45. The van der Waals surface area contributed by atoms with Crippen molar-refractivity contribution in [3.63, 3.8) is 0 Å². The van der Waals surface area contributed by atoms with Crippen LogP contribution in [0.15, 0.2) is 0 Å². The van der Waals surface area contributed by atoms with Gasteiger partial charge in [-0.3, -0.25) is 0 Å². The molecule has 0 bridgehead atoms. The topological polar surface area (TPSA) is 12.0 Å². The predicted molar refractivity (Wildman–Crippen MR) is 60.3 cm³/mol. The minimum Gasteiger partial charge on any atom is -0.316 e. The van der Waals surface area contributed by atoms with E-state index in [1.807, 2.05) is 0 Å². The first kappa shape index (κ1) is 9.85. The van der Waals surface area contributed by atoms with Crippen molar-refractivity contribution in [2.45, 2.75) is 44.6 Å². The first-order valence-corrected chi connectivity index (χ1v) is 6.78. The van der Waals surface area contributed by atoms with Gasteiger partial charge in [-0.15, -0.1) is 0 Å².